The molecule has 2 aliphatic rings. The SMILES string of the molecule is CS(=O)(=O)N[C@H]1C[C@@H](c2nc(-c3ccccc3)n[nH]2)N(CC2CC2)C1. The highest BCUT2D eigenvalue weighted by Crippen LogP contribution is 2.37. The smallest absolute Gasteiger partial charge is 0.208 e. The lowest BCUT2D eigenvalue weighted by atomic mass is 10.1. The van der Waals surface area contributed by atoms with E-state index < -0.39 is 10.0 Å². The molecule has 7 nitrogen and oxygen atoms in total. The van der Waals surface area contributed by atoms with Crippen molar-refractivity contribution in [2.75, 3.05) is 19.3 Å². The maximum Gasteiger partial charge on any atom is 0.208 e. The number of nitrogens with zero attached hydrogens (tertiary/aromatic N) is 3. The minimum absolute atomic E-state index is 0.0739. The zero-order valence-corrected chi connectivity index (χ0v) is 15.0. The summed E-state index contributed by atoms with van der Waals surface area (Å²) in [6.45, 7) is 1.71. The summed E-state index contributed by atoms with van der Waals surface area (Å²) in [5.74, 6) is 2.23. The number of nitrogens with one attached hydrogen (secondary N) is 2. The molecule has 0 spiro atoms. The molecule has 1 aliphatic carbocycles. The van der Waals surface area contributed by atoms with Crippen molar-refractivity contribution in [1.82, 2.24) is 24.8 Å². The van der Waals surface area contributed by atoms with E-state index >= 15 is 0 Å². The Kier molecular flexibility index (Phi) is 4.35. The lowest BCUT2D eigenvalue weighted by molar-refractivity contribution is 0.237. The van der Waals surface area contributed by atoms with Crippen molar-refractivity contribution in [2.24, 2.45) is 5.92 Å². The van der Waals surface area contributed by atoms with Gasteiger partial charge in [-0.05, 0) is 25.2 Å². The molecule has 1 saturated carbocycles. The van der Waals surface area contributed by atoms with Crippen molar-refractivity contribution >= 4 is 10.0 Å². The third kappa shape index (κ3) is 4.08. The molecule has 1 saturated heterocycles. The summed E-state index contributed by atoms with van der Waals surface area (Å²) in [5, 5.41) is 7.43. The topological polar surface area (TPSA) is 91.0 Å². The average molecular weight is 361 g/mol. The molecule has 2 fully saturated rings. The van der Waals surface area contributed by atoms with Crippen LogP contribution in [0.15, 0.2) is 30.3 Å². The molecule has 1 aromatic heterocycles. The number of H-pyrrole nitrogens is 1. The maximum atomic E-state index is 11.6. The molecule has 2 atom stereocenters. The van der Waals surface area contributed by atoms with E-state index in [4.69, 9.17) is 0 Å². The number of benzene rings is 1. The largest absolute Gasteiger partial charge is 0.291 e. The molecule has 0 bridgehead atoms. The van der Waals surface area contributed by atoms with Gasteiger partial charge in [-0.3, -0.25) is 10.00 Å². The predicted octanol–water partition coefficient (Wildman–Crippen LogP) is 1.55. The van der Waals surface area contributed by atoms with Crippen molar-refractivity contribution in [3.8, 4) is 11.4 Å². The van der Waals surface area contributed by atoms with E-state index in [2.05, 4.69) is 24.8 Å². The molecule has 2 aromatic rings. The lowest BCUT2D eigenvalue weighted by Crippen LogP contribution is -2.36. The second-order valence-electron chi connectivity index (χ2n) is 7.15. The van der Waals surface area contributed by atoms with Gasteiger partial charge in [-0.1, -0.05) is 30.3 Å². The Morgan fingerprint density at radius 3 is 2.72 bits per heavy atom. The van der Waals surface area contributed by atoms with E-state index in [1.54, 1.807) is 0 Å². The Morgan fingerprint density at radius 1 is 1.28 bits per heavy atom. The van der Waals surface area contributed by atoms with Crippen molar-refractivity contribution in [2.45, 2.75) is 31.3 Å². The van der Waals surface area contributed by atoms with Crippen molar-refractivity contribution < 1.29 is 8.42 Å². The van der Waals surface area contributed by atoms with Crippen LogP contribution >= 0.6 is 0 Å². The number of aromatic amines is 1. The number of sulfonamides is 1. The fourth-order valence-electron chi connectivity index (χ4n) is 3.55. The van der Waals surface area contributed by atoms with E-state index in [0.29, 0.717) is 12.2 Å². The highest BCUT2D eigenvalue weighted by Gasteiger charge is 2.39. The molecule has 0 radical (unpaired) electrons. The Balaban J connectivity index is 1.55. The summed E-state index contributed by atoms with van der Waals surface area (Å²) >= 11 is 0. The summed E-state index contributed by atoms with van der Waals surface area (Å²) in [7, 11) is -3.21. The van der Waals surface area contributed by atoms with Crippen LogP contribution in [0.25, 0.3) is 11.4 Å². The Hall–Kier alpha value is -1.77. The molecule has 4 rings (SSSR count). The molecule has 8 heteroatoms. The van der Waals surface area contributed by atoms with Gasteiger partial charge in [0.1, 0.15) is 5.82 Å². The Labute approximate surface area is 147 Å². The first-order valence-electron chi connectivity index (χ1n) is 8.67. The van der Waals surface area contributed by atoms with Crippen LogP contribution in [0.1, 0.15) is 31.1 Å². The lowest BCUT2D eigenvalue weighted by Gasteiger charge is -2.22. The molecule has 1 aromatic carbocycles. The van der Waals surface area contributed by atoms with Crippen LogP contribution in [0, 0.1) is 5.92 Å². The van der Waals surface area contributed by atoms with Gasteiger partial charge >= 0.3 is 0 Å². The normalized spacial score (nSPS) is 24.7. The monoisotopic (exact) mass is 361 g/mol. The highest BCUT2D eigenvalue weighted by molar-refractivity contribution is 7.88. The fraction of sp³-hybridized carbons (Fsp3) is 0.529. The molecule has 0 unspecified atom stereocenters. The number of aromatic nitrogens is 3. The zero-order valence-electron chi connectivity index (χ0n) is 14.2. The summed E-state index contributed by atoms with van der Waals surface area (Å²) in [5.41, 5.74) is 0.975. The molecule has 2 N–H and O–H groups in total. The second kappa shape index (κ2) is 6.51. The van der Waals surface area contributed by atoms with Gasteiger partial charge in [0, 0.05) is 24.7 Å². The summed E-state index contributed by atoms with van der Waals surface area (Å²) < 4.78 is 25.9. The molecular weight excluding hydrogens is 338 g/mol. The molecule has 1 aliphatic heterocycles. The Bertz CT molecular complexity index is 832. The van der Waals surface area contributed by atoms with Crippen LogP contribution in [0.2, 0.25) is 0 Å². The minimum Gasteiger partial charge on any atom is -0.291 e. The van der Waals surface area contributed by atoms with Gasteiger partial charge < -0.3 is 0 Å². The summed E-state index contributed by atoms with van der Waals surface area (Å²) in [4.78, 5) is 7.03. The van der Waals surface area contributed by atoms with Gasteiger partial charge in [0.25, 0.3) is 0 Å². The standard InChI is InChI=1S/C17H23N5O2S/c1-25(23,24)21-14-9-15(22(11-14)10-12-7-8-12)17-18-16(19-20-17)13-5-3-2-4-6-13/h2-6,12,14-15,21H,7-11H2,1H3,(H,18,19,20)/t14-,15-/m0/s1. The van der Waals surface area contributed by atoms with Gasteiger partial charge in [0.05, 0.1) is 12.3 Å². The van der Waals surface area contributed by atoms with E-state index in [0.717, 1.165) is 30.4 Å². The van der Waals surface area contributed by atoms with E-state index in [1.807, 2.05) is 30.3 Å². The number of rotatable bonds is 6. The van der Waals surface area contributed by atoms with Crippen molar-refractivity contribution in [3.05, 3.63) is 36.2 Å². The van der Waals surface area contributed by atoms with Crippen LogP contribution < -0.4 is 4.72 Å². The van der Waals surface area contributed by atoms with Crippen LogP contribution in [0.3, 0.4) is 0 Å². The second-order valence-corrected chi connectivity index (χ2v) is 8.93. The van der Waals surface area contributed by atoms with E-state index in [-0.39, 0.29) is 12.1 Å². The van der Waals surface area contributed by atoms with Crippen LogP contribution in [-0.2, 0) is 10.0 Å². The number of hydrogen-bond donors (Lipinski definition) is 2. The van der Waals surface area contributed by atoms with Crippen LogP contribution in [0.4, 0.5) is 0 Å². The van der Waals surface area contributed by atoms with Gasteiger partial charge in [-0.25, -0.2) is 18.1 Å². The minimum atomic E-state index is -3.21. The van der Waals surface area contributed by atoms with Crippen molar-refractivity contribution in [1.29, 1.82) is 0 Å². The third-order valence-electron chi connectivity index (χ3n) is 4.82. The van der Waals surface area contributed by atoms with Gasteiger partial charge in [0.15, 0.2) is 5.82 Å². The van der Waals surface area contributed by atoms with Crippen LogP contribution in [0.5, 0.6) is 0 Å². The van der Waals surface area contributed by atoms with Crippen molar-refractivity contribution in [3.63, 3.8) is 0 Å². The van der Waals surface area contributed by atoms with Gasteiger partial charge in [0.2, 0.25) is 10.0 Å². The average Bonchev–Trinajstić information content (AvgIpc) is 3.09. The van der Waals surface area contributed by atoms with Crippen LogP contribution in [-0.4, -0.2) is 53.9 Å². The maximum absolute atomic E-state index is 11.6. The molecule has 0 amide bonds. The zero-order chi connectivity index (χ0) is 17.4. The quantitative estimate of drug-likeness (QED) is 0.814. The molecular formula is C17H23N5O2S. The first-order chi connectivity index (χ1) is 12.0. The Morgan fingerprint density at radius 2 is 2.04 bits per heavy atom. The number of hydrogen-bond acceptors (Lipinski definition) is 5. The third-order valence-corrected chi connectivity index (χ3v) is 5.59. The summed E-state index contributed by atoms with van der Waals surface area (Å²) in [6.07, 6.45) is 4.45. The summed E-state index contributed by atoms with van der Waals surface area (Å²) in [6, 6.07) is 9.86. The molecule has 2 heterocycles. The number of likely N-dealkylation sites (tertiary alicyclic amines) is 1. The van der Waals surface area contributed by atoms with E-state index in [9.17, 15) is 8.42 Å². The predicted molar refractivity (Wildman–Crippen MR) is 95.2 cm³/mol. The highest BCUT2D eigenvalue weighted by atomic mass is 32.2. The first kappa shape index (κ1) is 16.7. The first-order valence-corrected chi connectivity index (χ1v) is 10.6. The fourth-order valence-corrected chi connectivity index (χ4v) is 4.33. The van der Waals surface area contributed by atoms with E-state index in [1.165, 1.54) is 19.1 Å². The molecule has 134 valence electrons. The van der Waals surface area contributed by atoms with Gasteiger partial charge in [-0.2, -0.15) is 5.10 Å². The molecule has 25 heavy (non-hydrogen) atoms. The van der Waals surface area contributed by atoms with Gasteiger partial charge in [-0.15, -0.1) is 0 Å².